The smallest absolute Gasteiger partial charge is 0.155 e. The van der Waals surface area contributed by atoms with Gasteiger partial charge in [-0.15, -0.1) is 0 Å². The third-order valence-electron chi connectivity index (χ3n) is 3.31. The zero-order valence-electron chi connectivity index (χ0n) is 9.14. The molecule has 0 spiro atoms. The van der Waals surface area contributed by atoms with E-state index >= 15 is 0 Å². The van der Waals surface area contributed by atoms with Gasteiger partial charge in [0.05, 0.1) is 11.9 Å². The van der Waals surface area contributed by atoms with Gasteiger partial charge < -0.3 is 4.40 Å². The van der Waals surface area contributed by atoms with E-state index < -0.39 is 0 Å². The predicted molar refractivity (Wildman–Crippen MR) is 58.9 cm³/mol. The molecule has 78 valence electrons. The quantitative estimate of drug-likeness (QED) is 0.655. The normalized spacial score (nSPS) is 25.5. The van der Waals surface area contributed by atoms with Gasteiger partial charge in [-0.3, -0.25) is 4.98 Å². The van der Waals surface area contributed by atoms with E-state index in [1.807, 2.05) is 18.6 Å². The molecule has 0 aliphatic heterocycles. The molecule has 3 heteroatoms. The van der Waals surface area contributed by atoms with E-state index in [0.717, 1.165) is 18.0 Å². The van der Waals surface area contributed by atoms with Crippen molar-refractivity contribution in [2.24, 2.45) is 5.92 Å². The SMILES string of the molecule is CC1Cc2nc3cnccn3c2C(C)C1. The lowest BCUT2D eigenvalue weighted by Crippen LogP contribution is -2.15. The molecule has 2 aromatic rings. The lowest BCUT2D eigenvalue weighted by Gasteiger charge is -2.23. The first-order valence-electron chi connectivity index (χ1n) is 5.56. The molecule has 0 aromatic carbocycles. The van der Waals surface area contributed by atoms with Gasteiger partial charge in [-0.1, -0.05) is 13.8 Å². The maximum Gasteiger partial charge on any atom is 0.155 e. The Labute approximate surface area is 89.2 Å². The fourth-order valence-corrected chi connectivity index (χ4v) is 2.78. The van der Waals surface area contributed by atoms with Crippen LogP contribution in [0.1, 0.15) is 37.6 Å². The van der Waals surface area contributed by atoms with Crippen molar-refractivity contribution in [3.8, 4) is 0 Å². The Bertz CT molecular complexity index is 501. The van der Waals surface area contributed by atoms with E-state index in [1.54, 1.807) is 0 Å². The van der Waals surface area contributed by atoms with Gasteiger partial charge in [-0.2, -0.15) is 0 Å². The monoisotopic (exact) mass is 201 g/mol. The van der Waals surface area contributed by atoms with Crippen molar-refractivity contribution in [3.05, 3.63) is 30.0 Å². The third kappa shape index (κ3) is 1.26. The van der Waals surface area contributed by atoms with Gasteiger partial charge in [-0.25, -0.2) is 4.98 Å². The van der Waals surface area contributed by atoms with E-state index in [2.05, 4.69) is 28.2 Å². The second kappa shape index (κ2) is 3.05. The summed E-state index contributed by atoms with van der Waals surface area (Å²) in [7, 11) is 0. The zero-order valence-corrected chi connectivity index (χ0v) is 9.14. The van der Waals surface area contributed by atoms with Gasteiger partial charge in [0.15, 0.2) is 5.65 Å². The number of fused-ring (bicyclic) bond motifs is 3. The molecule has 1 aliphatic carbocycles. The van der Waals surface area contributed by atoms with E-state index in [9.17, 15) is 0 Å². The van der Waals surface area contributed by atoms with E-state index in [0.29, 0.717) is 5.92 Å². The minimum Gasteiger partial charge on any atom is -0.301 e. The molecule has 3 rings (SSSR count). The Balaban J connectivity index is 2.27. The third-order valence-corrected chi connectivity index (χ3v) is 3.31. The number of hydrogen-bond donors (Lipinski definition) is 0. The Hall–Kier alpha value is -1.38. The van der Waals surface area contributed by atoms with E-state index in [1.165, 1.54) is 17.8 Å². The summed E-state index contributed by atoms with van der Waals surface area (Å²) in [5.74, 6) is 1.37. The van der Waals surface area contributed by atoms with Crippen LogP contribution in [0.2, 0.25) is 0 Å². The summed E-state index contributed by atoms with van der Waals surface area (Å²) in [6.45, 7) is 4.60. The molecule has 0 amide bonds. The Morgan fingerprint density at radius 1 is 1.40 bits per heavy atom. The van der Waals surface area contributed by atoms with Gasteiger partial charge in [0.2, 0.25) is 0 Å². The van der Waals surface area contributed by atoms with Crippen molar-refractivity contribution < 1.29 is 0 Å². The molecule has 2 atom stereocenters. The van der Waals surface area contributed by atoms with Crippen LogP contribution in [0.15, 0.2) is 18.6 Å². The first kappa shape index (κ1) is 8.89. The molecular formula is C12H15N3. The average Bonchev–Trinajstić information content (AvgIpc) is 2.54. The van der Waals surface area contributed by atoms with Gasteiger partial charge in [0, 0.05) is 18.1 Å². The summed E-state index contributed by atoms with van der Waals surface area (Å²) in [4.78, 5) is 8.77. The molecule has 15 heavy (non-hydrogen) atoms. The zero-order chi connectivity index (χ0) is 10.4. The molecule has 0 N–H and O–H groups in total. The van der Waals surface area contributed by atoms with Crippen LogP contribution in [0.4, 0.5) is 0 Å². The van der Waals surface area contributed by atoms with Crippen LogP contribution in [0.3, 0.4) is 0 Å². The molecule has 0 bridgehead atoms. The maximum absolute atomic E-state index is 4.65. The number of aromatic nitrogens is 3. The number of nitrogens with zero attached hydrogens (tertiary/aromatic N) is 3. The predicted octanol–water partition coefficient (Wildman–Crippen LogP) is 2.42. The molecule has 0 saturated heterocycles. The van der Waals surface area contributed by atoms with Crippen LogP contribution < -0.4 is 0 Å². The second-order valence-corrected chi connectivity index (χ2v) is 4.69. The summed E-state index contributed by atoms with van der Waals surface area (Å²) in [5.41, 5.74) is 3.66. The van der Waals surface area contributed by atoms with Crippen molar-refractivity contribution in [1.82, 2.24) is 14.4 Å². The fourth-order valence-electron chi connectivity index (χ4n) is 2.78. The topological polar surface area (TPSA) is 30.2 Å². The lowest BCUT2D eigenvalue weighted by atomic mass is 9.84. The molecular weight excluding hydrogens is 186 g/mol. The minimum atomic E-state index is 0.612. The molecule has 0 fully saturated rings. The van der Waals surface area contributed by atoms with Gasteiger partial charge in [-0.05, 0) is 24.7 Å². The number of hydrogen-bond acceptors (Lipinski definition) is 2. The van der Waals surface area contributed by atoms with E-state index in [-0.39, 0.29) is 0 Å². The maximum atomic E-state index is 4.65. The summed E-state index contributed by atoms with van der Waals surface area (Å²) in [5, 5.41) is 0. The Morgan fingerprint density at radius 3 is 3.13 bits per heavy atom. The van der Waals surface area contributed by atoms with Crippen molar-refractivity contribution in [2.45, 2.75) is 32.6 Å². The van der Waals surface area contributed by atoms with Crippen molar-refractivity contribution in [2.75, 3.05) is 0 Å². The van der Waals surface area contributed by atoms with Crippen LogP contribution >= 0.6 is 0 Å². The minimum absolute atomic E-state index is 0.612. The van der Waals surface area contributed by atoms with E-state index in [4.69, 9.17) is 0 Å². The van der Waals surface area contributed by atoms with Crippen molar-refractivity contribution in [1.29, 1.82) is 0 Å². The second-order valence-electron chi connectivity index (χ2n) is 4.69. The van der Waals surface area contributed by atoms with Crippen LogP contribution in [0.25, 0.3) is 5.65 Å². The highest BCUT2D eigenvalue weighted by molar-refractivity contribution is 5.42. The van der Waals surface area contributed by atoms with Crippen LogP contribution in [-0.4, -0.2) is 14.4 Å². The molecule has 0 radical (unpaired) electrons. The Kier molecular flexibility index (Phi) is 1.81. The molecule has 3 nitrogen and oxygen atoms in total. The van der Waals surface area contributed by atoms with Gasteiger partial charge in [0.25, 0.3) is 0 Å². The standard InChI is InChI=1S/C12H15N3/c1-8-5-9(2)12-10(6-8)14-11-7-13-3-4-15(11)12/h3-4,7-9H,5-6H2,1-2H3. The van der Waals surface area contributed by atoms with Gasteiger partial charge in [0.1, 0.15) is 0 Å². The summed E-state index contributed by atoms with van der Waals surface area (Å²) >= 11 is 0. The number of imidazole rings is 1. The average molecular weight is 201 g/mol. The fraction of sp³-hybridized carbons (Fsp3) is 0.500. The molecule has 1 aliphatic rings. The highest BCUT2D eigenvalue weighted by Gasteiger charge is 2.25. The largest absolute Gasteiger partial charge is 0.301 e. The molecule has 2 heterocycles. The summed E-state index contributed by atoms with van der Waals surface area (Å²) in [6, 6.07) is 0. The van der Waals surface area contributed by atoms with Crippen molar-refractivity contribution in [3.63, 3.8) is 0 Å². The molecule has 2 aromatic heterocycles. The highest BCUT2D eigenvalue weighted by atomic mass is 15.0. The Morgan fingerprint density at radius 2 is 2.27 bits per heavy atom. The molecule has 2 unspecified atom stereocenters. The summed E-state index contributed by atoms with van der Waals surface area (Å²) in [6.07, 6.45) is 8.08. The highest BCUT2D eigenvalue weighted by Crippen LogP contribution is 2.34. The van der Waals surface area contributed by atoms with Crippen LogP contribution in [0.5, 0.6) is 0 Å². The number of rotatable bonds is 0. The first-order valence-corrected chi connectivity index (χ1v) is 5.56. The summed E-state index contributed by atoms with van der Waals surface area (Å²) < 4.78 is 2.19. The lowest BCUT2D eigenvalue weighted by molar-refractivity contribution is 0.437. The molecule has 0 saturated carbocycles. The first-order chi connectivity index (χ1) is 7.25. The van der Waals surface area contributed by atoms with Crippen molar-refractivity contribution >= 4 is 5.65 Å². The van der Waals surface area contributed by atoms with Gasteiger partial charge >= 0.3 is 0 Å². The van der Waals surface area contributed by atoms with Crippen LogP contribution in [0, 0.1) is 5.92 Å². The van der Waals surface area contributed by atoms with Crippen LogP contribution in [-0.2, 0) is 6.42 Å².